The van der Waals surface area contributed by atoms with Crippen LogP contribution in [0.15, 0.2) is 41.0 Å². The molecule has 98 valence electrons. The van der Waals surface area contributed by atoms with Crippen molar-refractivity contribution in [2.24, 2.45) is 5.84 Å². The Bertz CT molecular complexity index is 620. The molecule has 0 fully saturated rings. The van der Waals surface area contributed by atoms with Gasteiger partial charge in [-0.1, -0.05) is 27.5 Å². The molecule has 0 radical (unpaired) electrons. The van der Waals surface area contributed by atoms with Gasteiger partial charge in [-0.25, -0.2) is 10.8 Å². The number of amides is 1. The first-order valence-electron chi connectivity index (χ1n) is 5.29. The highest BCUT2D eigenvalue weighted by Gasteiger charge is 2.09. The second-order valence-corrected chi connectivity index (χ2v) is 4.98. The van der Waals surface area contributed by atoms with E-state index in [4.69, 9.17) is 17.4 Å². The third-order valence-corrected chi connectivity index (χ3v) is 3.16. The molecule has 4 N–H and O–H groups in total. The molecular formula is C12H10BrClN4O. The highest BCUT2D eigenvalue weighted by Crippen LogP contribution is 2.26. The molecule has 1 amide bonds. The zero-order valence-corrected chi connectivity index (χ0v) is 12.0. The fraction of sp³-hybridized carbons (Fsp3) is 0. The highest BCUT2D eigenvalue weighted by molar-refractivity contribution is 9.10. The van der Waals surface area contributed by atoms with Crippen LogP contribution in [-0.4, -0.2) is 10.9 Å². The Morgan fingerprint density at radius 3 is 2.79 bits per heavy atom. The Morgan fingerprint density at radius 2 is 2.11 bits per heavy atom. The molecule has 1 aromatic carbocycles. The van der Waals surface area contributed by atoms with Crippen molar-refractivity contribution in [3.05, 3.63) is 51.6 Å². The number of nitrogens with zero attached hydrogens (tertiary/aromatic N) is 1. The summed E-state index contributed by atoms with van der Waals surface area (Å²) in [4.78, 5) is 16.0. The van der Waals surface area contributed by atoms with E-state index >= 15 is 0 Å². The van der Waals surface area contributed by atoms with E-state index in [2.05, 4.69) is 31.7 Å². The van der Waals surface area contributed by atoms with Gasteiger partial charge in [-0.15, -0.1) is 0 Å². The van der Waals surface area contributed by atoms with Gasteiger partial charge in [0.1, 0.15) is 5.82 Å². The van der Waals surface area contributed by atoms with Crippen molar-refractivity contribution >= 4 is 44.9 Å². The van der Waals surface area contributed by atoms with Crippen LogP contribution in [0.25, 0.3) is 0 Å². The second kappa shape index (κ2) is 6.01. The van der Waals surface area contributed by atoms with Gasteiger partial charge in [-0.3, -0.25) is 4.79 Å². The molecular weight excluding hydrogens is 332 g/mol. The van der Waals surface area contributed by atoms with Gasteiger partial charge in [0, 0.05) is 16.2 Å². The summed E-state index contributed by atoms with van der Waals surface area (Å²) in [5.41, 5.74) is 3.35. The fourth-order valence-electron chi connectivity index (χ4n) is 1.44. The van der Waals surface area contributed by atoms with Crippen LogP contribution in [0.3, 0.4) is 0 Å². The number of nitrogen functional groups attached to an aromatic ring is 1. The molecule has 0 atom stereocenters. The zero-order chi connectivity index (χ0) is 13.8. The summed E-state index contributed by atoms with van der Waals surface area (Å²) >= 11 is 9.33. The minimum atomic E-state index is -0.289. The third-order valence-electron chi connectivity index (χ3n) is 2.35. The minimum Gasteiger partial charge on any atom is -0.321 e. The van der Waals surface area contributed by atoms with Gasteiger partial charge in [0.2, 0.25) is 0 Å². The van der Waals surface area contributed by atoms with Crippen LogP contribution in [0.4, 0.5) is 11.5 Å². The average Bonchev–Trinajstić information content (AvgIpc) is 2.42. The van der Waals surface area contributed by atoms with E-state index in [9.17, 15) is 4.79 Å². The van der Waals surface area contributed by atoms with Crippen LogP contribution < -0.4 is 16.6 Å². The number of anilines is 2. The first-order chi connectivity index (χ1) is 9.10. The number of carbonyl (C=O) groups is 1. The number of nitrogens with one attached hydrogen (secondary N) is 2. The minimum absolute atomic E-state index is 0.289. The molecule has 19 heavy (non-hydrogen) atoms. The van der Waals surface area contributed by atoms with Crippen molar-refractivity contribution in [2.75, 3.05) is 10.7 Å². The Labute approximate surface area is 123 Å². The van der Waals surface area contributed by atoms with Gasteiger partial charge in [-0.05, 0) is 30.3 Å². The summed E-state index contributed by atoms with van der Waals surface area (Å²) in [6, 6.07) is 8.34. The molecule has 1 heterocycles. The summed E-state index contributed by atoms with van der Waals surface area (Å²) in [6.07, 6.45) is 1.49. The lowest BCUT2D eigenvalue weighted by atomic mass is 10.2. The van der Waals surface area contributed by atoms with E-state index in [0.29, 0.717) is 22.1 Å². The van der Waals surface area contributed by atoms with E-state index in [-0.39, 0.29) is 5.91 Å². The number of nitrogens with two attached hydrogens (primary N) is 1. The van der Waals surface area contributed by atoms with Crippen molar-refractivity contribution in [2.45, 2.75) is 0 Å². The largest absolute Gasteiger partial charge is 0.321 e. The summed E-state index contributed by atoms with van der Waals surface area (Å²) in [5, 5.41) is 3.17. The molecule has 0 aliphatic carbocycles. The first-order valence-corrected chi connectivity index (χ1v) is 6.46. The molecule has 2 rings (SSSR count). The maximum absolute atomic E-state index is 12.0. The molecule has 2 aromatic rings. The number of benzene rings is 1. The van der Waals surface area contributed by atoms with Crippen molar-refractivity contribution in [1.82, 2.24) is 4.98 Å². The van der Waals surface area contributed by atoms with Gasteiger partial charge in [0.25, 0.3) is 5.91 Å². The van der Waals surface area contributed by atoms with E-state index in [1.807, 2.05) is 0 Å². The predicted molar refractivity (Wildman–Crippen MR) is 79.2 cm³/mol. The molecule has 1 aromatic heterocycles. The average molecular weight is 342 g/mol. The van der Waals surface area contributed by atoms with Crippen molar-refractivity contribution < 1.29 is 4.79 Å². The first kappa shape index (κ1) is 13.8. The van der Waals surface area contributed by atoms with Crippen LogP contribution in [-0.2, 0) is 0 Å². The maximum atomic E-state index is 12.0. The van der Waals surface area contributed by atoms with E-state index in [1.165, 1.54) is 6.20 Å². The smallest absolute Gasteiger partial charge is 0.255 e. The Balaban J connectivity index is 2.20. The number of pyridine rings is 1. The normalized spacial score (nSPS) is 10.1. The van der Waals surface area contributed by atoms with E-state index in [1.54, 1.807) is 30.3 Å². The van der Waals surface area contributed by atoms with Gasteiger partial charge >= 0.3 is 0 Å². The van der Waals surface area contributed by atoms with Gasteiger partial charge in [0.15, 0.2) is 0 Å². The molecule has 0 aliphatic heterocycles. The van der Waals surface area contributed by atoms with Crippen molar-refractivity contribution in [3.63, 3.8) is 0 Å². The summed E-state index contributed by atoms with van der Waals surface area (Å²) in [5.74, 6) is 5.36. The maximum Gasteiger partial charge on any atom is 0.255 e. The van der Waals surface area contributed by atoms with Crippen molar-refractivity contribution in [3.8, 4) is 0 Å². The van der Waals surface area contributed by atoms with Gasteiger partial charge in [0.05, 0.1) is 10.7 Å². The Kier molecular flexibility index (Phi) is 4.36. The number of hydrogen-bond donors (Lipinski definition) is 3. The summed E-state index contributed by atoms with van der Waals surface area (Å²) < 4.78 is 0.842. The molecule has 0 saturated heterocycles. The Hall–Kier alpha value is -1.63. The Morgan fingerprint density at radius 1 is 1.32 bits per heavy atom. The number of hydrazine groups is 1. The van der Waals surface area contributed by atoms with Crippen LogP contribution in [0.1, 0.15) is 10.4 Å². The highest BCUT2D eigenvalue weighted by atomic mass is 79.9. The fourth-order valence-corrected chi connectivity index (χ4v) is 2.16. The molecule has 0 bridgehead atoms. The van der Waals surface area contributed by atoms with Gasteiger partial charge in [-0.2, -0.15) is 0 Å². The van der Waals surface area contributed by atoms with E-state index in [0.717, 1.165) is 4.47 Å². The topological polar surface area (TPSA) is 80.0 Å². The lowest BCUT2D eigenvalue weighted by Crippen LogP contribution is -2.14. The van der Waals surface area contributed by atoms with Crippen LogP contribution in [0.5, 0.6) is 0 Å². The molecule has 5 nitrogen and oxygen atoms in total. The number of halogens is 2. The van der Waals surface area contributed by atoms with Crippen LogP contribution in [0.2, 0.25) is 5.02 Å². The zero-order valence-electron chi connectivity index (χ0n) is 9.65. The summed E-state index contributed by atoms with van der Waals surface area (Å²) in [6.45, 7) is 0. The molecule has 0 spiro atoms. The predicted octanol–water partition coefficient (Wildman–Crippen LogP) is 3.04. The lowest BCUT2D eigenvalue weighted by molar-refractivity contribution is 0.102. The van der Waals surface area contributed by atoms with Crippen LogP contribution in [0, 0.1) is 0 Å². The molecule has 0 unspecified atom stereocenters. The molecule has 7 heteroatoms. The van der Waals surface area contributed by atoms with E-state index < -0.39 is 0 Å². The standard InChI is InChI=1S/C12H10BrClN4O/c13-8-1-2-10(9(14)6-8)17-12(19)7-3-4-16-11(5-7)18-15/h1-6H,15H2,(H,16,18)(H,17,19). The molecule has 0 saturated carbocycles. The SMILES string of the molecule is NNc1cc(C(=O)Nc2ccc(Br)cc2Cl)ccn1. The summed E-state index contributed by atoms with van der Waals surface area (Å²) in [7, 11) is 0. The monoisotopic (exact) mass is 340 g/mol. The second-order valence-electron chi connectivity index (χ2n) is 3.65. The number of rotatable bonds is 3. The molecule has 0 aliphatic rings. The quantitative estimate of drug-likeness (QED) is 0.592. The number of aromatic nitrogens is 1. The van der Waals surface area contributed by atoms with Crippen molar-refractivity contribution in [1.29, 1.82) is 0 Å². The number of hydrogen-bond acceptors (Lipinski definition) is 4. The van der Waals surface area contributed by atoms with Crippen LogP contribution >= 0.6 is 27.5 Å². The third kappa shape index (κ3) is 3.44. The lowest BCUT2D eigenvalue weighted by Gasteiger charge is -2.08. The number of carbonyl (C=O) groups excluding carboxylic acids is 1. The van der Waals surface area contributed by atoms with Gasteiger partial charge < -0.3 is 10.7 Å².